The lowest BCUT2D eigenvalue weighted by atomic mass is 10.1. The molecule has 0 spiro atoms. The molecule has 0 unspecified atom stereocenters. The Morgan fingerprint density at radius 1 is 1.44 bits per heavy atom. The summed E-state index contributed by atoms with van der Waals surface area (Å²) in [5.41, 5.74) is 1.28. The molecular formula is C14H24N2OS. The fourth-order valence-corrected chi connectivity index (χ4v) is 2.88. The number of rotatable bonds is 8. The second-order valence-corrected chi connectivity index (χ2v) is 6.54. The van der Waals surface area contributed by atoms with Gasteiger partial charge in [0, 0.05) is 24.1 Å². The molecule has 0 saturated heterocycles. The average Bonchev–Trinajstić information content (AvgIpc) is 3.07. The Bertz CT molecular complexity index is 372. The first kappa shape index (κ1) is 14.0. The van der Waals surface area contributed by atoms with Gasteiger partial charge in [-0.3, -0.25) is 0 Å². The van der Waals surface area contributed by atoms with Crippen LogP contribution in [0.25, 0.3) is 0 Å². The van der Waals surface area contributed by atoms with Gasteiger partial charge in [-0.2, -0.15) is 0 Å². The van der Waals surface area contributed by atoms with Crippen LogP contribution in [-0.2, 0) is 24.3 Å². The van der Waals surface area contributed by atoms with Gasteiger partial charge in [-0.1, -0.05) is 13.8 Å². The lowest BCUT2D eigenvalue weighted by molar-refractivity contribution is 0.133. The molecule has 3 nitrogen and oxygen atoms in total. The fourth-order valence-electron chi connectivity index (χ4n) is 1.90. The highest BCUT2D eigenvalue weighted by Gasteiger charge is 2.21. The minimum absolute atomic E-state index is 0.659. The van der Waals surface area contributed by atoms with Crippen molar-refractivity contribution in [3.8, 4) is 0 Å². The van der Waals surface area contributed by atoms with Gasteiger partial charge in [0.05, 0.1) is 12.3 Å². The molecule has 1 aliphatic rings. The van der Waals surface area contributed by atoms with Crippen LogP contribution in [0.1, 0.15) is 49.2 Å². The zero-order chi connectivity index (χ0) is 13.0. The molecule has 4 heteroatoms. The Balaban J connectivity index is 1.99. The van der Waals surface area contributed by atoms with E-state index in [0.717, 1.165) is 30.6 Å². The van der Waals surface area contributed by atoms with Gasteiger partial charge < -0.3 is 10.1 Å². The van der Waals surface area contributed by atoms with Crippen LogP contribution in [0, 0.1) is 5.92 Å². The third kappa shape index (κ3) is 4.34. The molecule has 0 aliphatic heterocycles. The number of thiazole rings is 1. The van der Waals surface area contributed by atoms with Crippen LogP contribution in [0.15, 0.2) is 0 Å². The van der Waals surface area contributed by atoms with Crippen molar-refractivity contribution in [3.05, 3.63) is 15.6 Å². The average molecular weight is 268 g/mol. The van der Waals surface area contributed by atoms with Crippen molar-refractivity contribution in [2.75, 3.05) is 6.61 Å². The molecule has 0 aromatic carbocycles. The molecule has 1 heterocycles. The van der Waals surface area contributed by atoms with E-state index in [1.54, 1.807) is 0 Å². The zero-order valence-corrected chi connectivity index (χ0v) is 12.5. The number of ether oxygens (including phenoxy) is 1. The molecule has 0 amide bonds. The van der Waals surface area contributed by atoms with Crippen molar-refractivity contribution in [1.29, 1.82) is 0 Å². The van der Waals surface area contributed by atoms with Crippen LogP contribution in [-0.4, -0.2) is 17.6 Å². The summed E-state index contributed by atoms with van der Waals surface area (Å²) in [6.07, 6.45) is 3.75. The third-order valence-electron chi connectivity index (χ3n) is 2.98. The van der Waals surface area contributed by atoms with Gasteiger partial charge in [0.2, 0.25) is 0 Å². The molecule has 18 heavy (non-hydrogen) atoms. The van der Waals surface area contributed by atoms with Gasteiger partial charge in [-0.05, 0) is 32.1 Å². The summed E-state index contributed by atoms with van der Waals surface area (Å²) >= 11 is 1.81. The van der Waals surface area contributed by atoms with Crippen molar-refractivity contribution in [2.45, 2.75) is 59.2 Å². The van der Waals surface area contributed by atoms with E-state index in [4.69, 9.17) is 9.72 Å². The topological polar surface area (TPSA) is 34.1 Å². The Labute approximate surface area is 114 Å². The smallest absolute Gasteiger partial charge is 0.119 e. The predicted octanol–water partition coefficient (Wildman–Crippen LogP) is 3.13. The summed E-state index contributed by atoms with van der Waals surface area (Å²) in [7, 11) is 0. The maximum Gasteiger partial charge on any atom is 0.119 e. The predicted molar refractivity (Wildman–Crippen MR) is 75.8 cm³/mol. The van der Waals surface area contributed by atoms with Crippen LogP contribution in [0.5, 0.6) is 0 Å². The first-order valence-corrected chi connectivity index (χ1v) is 7.79. The van der Waals surface area contributed by atoms with Gasteiger partial charge in [0.25, 0.3) is 0 Å². The van der Waals surface area contributed by atoms with E-state index < -0.39 is 0 Å². The highest BCUT2D eigenvalue weighted by atomic mass is 32.1. The molecule has 1 saturated carbocycles. The van der Waals surface area contributed by atoms with Gasteiger partial charge in [0.1, 0.15) is 5.01 Å². The molecule has 102 valence electrons. The third-order valence-corrected chi connectivity index (χ3v) is 4.05. The first-order valence-electron chi connectivity index (χ1n) is 6.97. The number of nitrogens with one attached hydrogen (secondary N) is 1. The summed E-state index contributed by atoms with van der Waals surface area (Å²) in [6.45, 7) is 8.93. The zero-order valence-electron chi connectivity index (χ0n) is 11.7. The van der Waals surface area contributed by atoms with Gasteiger partial charge in [-0.15, -0.1) is 11.3 Å². The van der Waals surface area contributed by atoms with Gasteiger partial charge >= 0.3 is 0 Å². The maximum atomic E-state index is 5.46. The highest BCUT2D eigenvalue weighted by molar-refractivity contribution is 7.11. The van der Waals surface area contributed by atoms with E-state index >= 15 is 0 Å². The van der Waals surface area contributed by atoms with Gasteiger partial charge in [0.15, 0.2) is 0 Å². The van der Waals surface area contributed by atoms with E-state index in [9.17, 15) is 0 Å². The Morgan fingerprint density at radius 3 is 2.83 bits per heavy atom. The Hall–Kier alpha value is -0.450. The molecule has 1 N–H and O–H groups in total. The normalized spacial score (nSPS) is 15.6. The summed E-state index contributed by atoms with van der Waals surface area (Å²) < 4.78 is 5.46. The second-order valence-electron chi connectivity index (χ2n) is 5.37. The van der Waals surface area contributed by atoms with Crippen LogP contribution in [0.3, 0.4) is 0 Å². The lowest BCUT2D eigenvalue weighted by Crippen LogP contribution is -2.15. The van der Waals surface area contributed by atoms with E-state index in [1.807, 2.05) is 18.3 Å². The molecule has 0 bridgehead atoms. The minimum Gasteiger partial charge on any atom is -0.375 e. The molecule has 0 atom stereocenters. The second kappa shape index (κ2) is 6.64. The monoisotopic (exact) mass is 268 g/mol. The summed E-state index contributed by atoms with van der Waals surface area (Å²) in [5.74, 6) is 0.659. The number of hydrogen-bond acceptors (Lipinski definition) is 4. The quantitative estimate of drug-likeness (QED) is 0.786. The highest BCUT2D eigenvalue weighted by Crippen LogP contribution is 2.24. The first-order chi connectivity index (χ1) is 8.69. The van der Waals surface area contributed by atoms with Crippen molar-refractivity contribution < 1.29 is 4.74 Å². The lowest BCUT2D eigenvalue weighted by Gasteiger charge is -2.05. The van der Waals surface area contributed by atoms with E-state index in [1.165, 1.54) is 23.4 Å². The number of nitrogens with zero attached hydrogens (tertiary/aromatic N) is 1. The van der Waals surface area contributed by atoms with Crippen molar-refractivity contribution in [3.63, 3.8) is 0 Å². The number of hydrogen-bond donors (Lipinski definition) is 1. The molecule has 1 fully saturated rings. The Morgan fingerprint density at radius 2 is 2.22 bits per heavy atom. The molecule has 2 rings (SSSR count). The number of aromatic nitrogens is 1. The van der Waals surface area contributed by atoms with Crippen LogP contribution < -0.4 is 5.32 Å². The SMILES string of the molecule is CCOCc1nc(CC(C)C)c(CNC2CC2)s1. The summed E-state index contributed by atoms with van der Waals surface area (Å²) in [5, 5.41) is 4.71. The molecule has 1 aliphatic carbocycles. The fraction of sp³-hybridized carbons (Fsp3) is 0.786. The molecule has 1 aromatic rings. The minimum atomic E-state index is 0.659. The summed E-state index contributed by atoms with van der Waals surface area (Å²) in [4.78, 5) is 6.15. The Kier molecular flexibility index (Phi) is 5.15. The van der Waals surface area contributed by atoms with E-state index in [2.05, 4.69) is 19.2 Å². The largest absolute Gasteiger partial charge is 0.375 e. The molecular weight excluding hydrogens is 244 g/mol. The van der Waals surface area contributed by atoms with Crippen LogP contribution >= 0.6 is 11.3 Å². The molecule has 1 aromatic heterocycles. The standard InChI is InChI=1S/C14H24N2OS/c1-4-17-9-14-16-12(7-10(2)3)13(18-14)8-15-11-5-6-11/h10-11,15H,4-9H2,1-3H3. The van der Waals surface area contributed by atoms with Crippen molar-refractivity contribution >= 4 is 11.3 Å². The van der Waals surface area contributed by atoms with E-state index in [-0.39, 0.29) is 0 Å². The van der Waals surface area contributed by atoms with Crippen molar-refractivity contribution in [1.82, 2.24) is 10.3 Å². The van der Waals surface area contributed by atoms with E-state index in [0.29, 0.717) is 12.5 Å². The van der Waals surface area contributed by atoms with Crippen molar-refractivity contribution in [2.24, 2.45) is 5.92 Å². The molecule has 0 radical (unpaired) electrons. The van der Waals surface area contributed by atoms with Gasteiger partial charge in [-0.25, -0.2) is 4.98 Å². The summed E-state index contributed by atoms with van der Waals surface area (Å²) in [6, 6.07) is 0.759. The van der Waals surface area contributed by atoms with Crippen LogP contribution in [0.2, 0.25) is 0 Å². The van der Waals surface area contributed by atoms with Crippen LogP contribution in [0.4, 0.5) is 0 Å². The maximum absolute atomic E-state index is 5.46.